The Morgan fingerprint density at radius 2 is 0.515 bits per heavy atom. The van der Waals surface area contributed by atoms with Gasteiger partial charge in [0.15, 0.2) is 0 Å². The van der Waals surface area contributed by atoms with Gasteiger partial charge in [-0.15, -0.1) is 0 Å². The number of ether oxygens (including phenoxy) is 7. The SMILES string of the molecule is C=CC(=O)NCCOCC(COCCNC(=O)C=C)(COCCNC(=O)C=C)COCC(COCCNC(=O)C=C)(COCCNC(=O)C=C)COCCNC(=O)C=C.CCC(C)(C)CC. The minimum absolute atomic E-state index is 0.0218. The summed E-state index contributed by atoms with van der Waals surface area (Å²) < 4.78 is 42.5. The highest BCUT2D eigenvalue weighted by molar-refractivity contribution is 5.88. The molecule has 0 aliphatic rings. The number of hydrogen-bond acceptors (Lipinski definition) is 13. The zero-order chi connectivity index (χ0) is 50.0. The maximum atomic E-state index is 11.7. The van der Waals surface area contributed by atoms with E-state index < -0.39 is 10.8 Å². The van der Waals surface area contributed by atoms with E-state index in [1.165, 1.54) is 12.8 Å². The molecule has 6 amide bonds. The van der Waals surface area contributed by atoms with E-state index in [0.717, 1.165) is 36.5 Å². The first-order valence-corrected chi connectivity index (χ1v) is 22.0. The molecule has 0 aromatic rings. The fourth-order valence-corrected chi connectivity index (χ4v) is 4.88. The summed E-state index contributed by atoms with van der Waals surface area (Å²) in [5.74, 6) is -2.19. The highest BCUT2D eigenvalue weighted by atomic mass is 16.5. The Bertz CT molecular complexity index is 1220. The Kier molecular flexibility index (Phi) is 38.5. The summed E-state index contributed by atoms with van der Waals surface area (Å²) in [6.45, 7) is 31.7. The van der Waals surface area contributed by atoms with Gasteiger partial charge in [0.1, 0.15) is 0 Å². The summed E-state index contributed by atoms with van der Waals surface area (Å²) in [5, 5.41) is 15.9. The maximum absolute atomic E-state index is 11.7. The van der Waals surface area contributed by atoms with Crippen molar-refractivity contribution in [3.8, 4) is 0 Å². The zero-order valence-corrected chi connectivity index (χ0v) is 40.1. The Balaban J connectivity index is 0. The van der Waals surface area contributed by atoms with Crippen LogP contribution in [-0.4, -0.2) is 167 Å². The van der Waals surface area contributed by atoms with Crippen LogP contribution in [0.1, 0.15) is 40.5 Å². The van der Waals surface area contributed by atoms with Gasteiger partial charge >= 0.3 is 0 Å². The lowest BCUT2D eigenvalue weighted by atomic mass is 9.88. The van der Waals surface area contributed by atoms with Gasteiger partial charge in [0, 0.05) is 39.3 Å². The molecule has 376 valence electrons. The van der Waals surface area contributed by atoms with Crippen LogP contribution in [0.5, 0.6) is 0 Å². The average molecular weight is 937 g/mol. The molecule has 19 nitrogen and oxygen atoms in total. The molecule has 0 aliphatic carbocycles. The molecule has 0 atom stereocenters. The second-order valence-corrected chi connectivity index (χ2v) is 15.7. The molecule has 66 heavy (non-hydrogen) atoms. The maximum Gasteiger partial charge on any atom is 0.243 e. The fraction of sp³-hybridized carbons (Fsp3) is 0.617. The van der Waals surface area contributed by atoms with Crippen LogP contribution in [0.3, 0.4) is 0 Å². The van der Waals surface area contributed by atoms with Crippen LogP contribution in [0.2, 0.25) is 0 Å². The lowest BCUT2D eigenvalue weighted by Gasteiger charge is -2.37. The van der Waals surface area contributed by atoms with Crippen LogP contribution in [-0.2, 0) is 61.9 Å². The van der Waals surface area contributed by atoms with E-state index in [0.29, 0.717) is 5.41 Å². The molecule has 19 heteroatoms. The second kappa shape index (κ2) is 40.3. The molecule has 0 radical (unpaired) electrons. The topological polar surface area (TPSA) is 239 Å². The number of carbonyl (C=O) groups is 6. The van der Waals surface area contributed by atoms with E-state index in [9.17, 15) is 28.8 Å². The number of amides is 6. The number of hydrogen-bond donors (Lipinski definition) is 6. The standard InChI is InChI=1S/C40H64N6O13.C7H16/c1-7-33(47)41-13-19-53-25-39(26-54-20-14-42-34(48)8-2,27-55-21-15-43-35(49)9-3)31-59-32-40(28-56-22-16-44-36(50)10-4,29-57-23-17-45-37(51)11-5)30-58-24-18-46-38(52)12-6;1-5-7(3,4)6-2/h7-12H,1-6,13-32H2,(H,41,47)(H,42,48)(H,43,49)(H,44,50)(H,45,51)(H,46,52);5-6H2,1-4H3. The lowest BCUT2D eigenvalue weighted by molar-refractivity contribution is -0.142. The molecule has 0 fully saturated rings. The Morgan fingerprint density at radius 3 is 0.652 bits per heavy atom. The summed E-state index contributed by atoms with van der Waals surface area (Å²) in [4.78, 5) is 70.2. The minimum atomic E-state index is -0.986. The largest absolute Gasteiger partial charge is 0.380 e. The predicted octanol–water partition coefficient (Wildman–Crippen LogP) is 1.72. The molecule has 0 aromatic heterocycles. The van der Waals surface area contributed by atoms with Crippen LogP contribution in [0, 0.1) is 16.2 Å². The van der Waals surface area contributed by atoms with Gasteiger partial charge in [-0.25, -0.2) is 0 Å². The van der Waals surface area contributed by atoms with Crippen molar-refractivity contribution in [2.45, 2.75) is 40.5 Å². The van der Waals surface area contributed by atoms with Crippen LogP contribution in [0.4, 0.5) is 0 Å². The number of nitrogens with one attached hydrogen (secondary N) is 6. The van der Waals surface area contributed by atoms with E-state index in [1.54, 1.807) is 0 Å². The van der Waals surface area contributed by atoms with Crippen molar-refractivity contribution in [1.29, 1.82) is 0 Å². The van der Waals surface area contributed by atoms with Crippen molar-refractivity contribution in [3.63, 3.8) is 0 Å². The molecule has 0 unspecified atom stereocenters. The monoisotopic (exact) mass is 937 g/mol. The normalized spacial score (nSPS) is 11.1. The van der Waals surface area contributed by atoms with Crippen molar-refractivity contribution < 1.29 is 61.9 Å². The van der Waals surface area contributed by atoms with E-state index >= 15 is 0 Å². The molecule has 0 bridgehead atoms. The molecule has 0 heterocycles. The van der Waals surface area contributed by atoms with E-state index in [4.69, 9.17) is 33.2 Å². The third kappa shape index (κ3) is 35.3. The van der Waals surface area contributed by atoms with Gasteiger partial charge in [-0.3, -0.25) is 28.8 Å². The first-order valence-electron chi connectivity index (χ1n) is 22.0. The van der Waals surface area contributed by atoms with Crippen molar-refractivity contribution in [2.24, 2.45) is 16.2 Å². The molecule has 0 aromatic carbocycles. The summed E-state index contributed by atoms with van der Waals surface area (Å²) in [6.07, 6.45) is 9.46. The first kappa shape index (κ1) is 63.1. The third-order valence-electron chi connectivity index (χ3n) is 9.57. The van der Waals surface area contributed by atoms with Crippen LogP contribution in [0.15, 0.2) is 75.9 Å². The van der Waals surface area contributed by atoms with E-state index in [1.807, 2.05) is 0 Å². The molecular formula is C47H80N6O13. The van der Waals surface area contributed by atoms with E-state index in [2.05, 4.69) is 99.1 Å². The van der Waals surface area contributed by atoms with Gasteiger partial charge in [-0.1, -0.05) is 80.0 Å². The van der Waals surface area contributed by atoms with Crippen LogP contribution < -0.4 is 31.9 Å². The molecule has 0 spiro atoms. The molecular weight excluding hydrogens is 857 g/mol. The molecule has 0 aliphatic heterocycles. The van der Waals surface area contributed by atoms with Crippen molar-refractivity contribution in [1.82, 2.24) is 31.9 Å². The zero-order valence-electron chi connectivity index (χ0n) is 40.1. The molecule has 6 N–H and O–H groups in total. The average Bonchev–Trinajstić information content (AvgIpc) is 3.32. The Morgan fingerprint density at radius 1 is 0.348 bits per heavy atom. The summed E-state index contributed by atoms with van der Waals surface area (Å²) in [5.41, 5.74) is -1.39. The lowest BCUT2D eigenvalue weighted by Crippen LogP contribution is -2.47. The quantitative estimate of drug-likeness (QED) is 0.0378. The van der Waals surface area contributed by atoms with E-state index in [-0.39, 0.29) is 167 Å². The van der Waals surface area contributed by atoms with Crippen LogP contribution >= 0.6 is 0 Å². The number of carbonyl (C=O) groups excluding carboxylic acids is 6. The molecule has 0 saturated carbocycles. The van der Waals surface area contributed by atoms with Gasteiger partial charge < -0.3 is 65.1 Å². The Hall–Kier alpha value is -5.02. The van der Waals surface area contributed by atoms with Gasteiger partial charge in [0.05, 0.1) is 103 Å². The highest BCUT2D eigenvalue weighted by Gasteiger charge is 2.37. The summed E-state index contributed by atoms with van der Waals surface area (Å²) >= 11 is 0. The smallest absolute Gasteiger partial charge is 0.243 e. The highest BCUT2D eigenvalue weighted by Crippen LogP contribution is 2.26. The van der Waals surface area contributed by atoms with Gasteiger partial charge in [0.25, 0.3) is 0 Å². The van der Waals surface area contributed by atoms with Gasteiger partial charge in [-0.05, 0) is 41.9 Å². The molecule has 0 rings (SSSR count). The van der Waals surface area contributed by atoms with Gasteiger partial charge in [-0.2, -0.15) is 0 Å². The third-order valence-corrected chi connectivity index (χ3v) is 9.57. The van der Waals surface area contributed by atoms with Crippen molar-refractivity contribution in [2.75, 3.05) is 132 Å². The van der Waals surface area contributed by atoms with Crippen molar-refractivity contribution in [3.05, 3.63) is 75.9 Å². The second-order valence-electron chi connectivity index (χ2n) is 15.7. The predicted molar refractivity (Wildman–Crippen MR) is 254 cm³/mol. The van der Waals surface area contributed by atoms with Gasteiger partial charge in [0.2, 0.25) is 35.4 Å². The first-order chi connectivity index (χ1) is 31.6. The van der Waals surface area contributed by atoms with Crippen molar-refractivity contribution >= 4 is 35.4 Å². The number of rotatable bonds is 42. The molecule has 0 saturated heterocycles. The minimum Gasteiger partial charge on any atom is -0.380 e. The Labute approximate surface area is 392 Å². The summed E-state index contributed by atoms with van der Waals surface area (Å²) in [7, 11) is 0. The fourth-order valence-electron chi connectivity index (χ4n) is 4.88. The van der Waals surface area contributed by atoms with Crippen LogP contribution in [0.25, 0.3) is 0 Å². The summed E-state index contributed by atoms with van der Waals surface area (Å²) in [6, 6.07) is 0.